The number of ether oxygens (including phenoxy) is 10. The standard InChI is InChI=1S/C46H81N3O24S/c1-22(2)32(23(3)4)39-34(48-24(5)53)40(36(59)28(19-51)69-39)71-44-38(61)42(37(60)29(20-52)70-44)73-46(45(63)66-8)16-26(54)33(41(72-46)35(58)27(55)18-50)49-30(56)17-47-43(62)25(15-31(57)68-12-10-65-7)21-74-14-13-67-11-9-64-6/h22-23,25-29,32-42,44,50-52,54-55,58-61H,9-21H2,1-8H3,(H,47,62)(H,48,53)(H,49,56)/t25?,26-,27+,28?,29?,33+,34?,35+,36-,37-,38?,39-,40+,41?,42-,44-,46-/m0/s1. The van der Waals surface area contributed by atoms with E-state index in [0.29, 0.717) is 25.6 Å². The predicted octanol–water partition coefficient (Wildman–Crippen LogP) is -5.32. The molecule has 3 amide bonds. The molecule has 0 aromatic carbocycles. The lowest BCUT2D eigenvalue weighted by Crippen LogP contribution is -2.71. The van der Waals surface area contributed by atoms with Crippen molar-refractivity contribution < 1.29 is 117 Å². The second-order valence-corrected chi connectivity index (χ2v) is 20.1. The molecule has 74 heavy (non-hydrogen) atoms. The first-order valence-corrected chi connectivity index (χ1v) is 25.7. The zero-order chi connectivity index (χ0) is 55.4. The van der Waals surface area contributed by atoms with Crippen LogP contribution in [0.25, 0.3) is 0 Å². The van der Waals surface area contributed by atoms with Crippen LogP contribution < -0.4 is 16.0 Å². The minimum Gasteiger partial charge on any atom is -0.465 e. The minimum absolute atomic E-state index is 0.0689. The molecule has 430 valence electrons. The van der Waals surface area contributed by atoms with Gasteiger partial charge in [0, 0.05) is 39.1 Å². The molecule has 3 rings (SSSR count). The Morgan fingerprint density at radius 1 is 0.770 bits per heavy atom. The van der Waals surface area contributed by atoms with Crippen LogP contribution >= 0.6 is 11.8 Å². The van der Waals surface area contributed by atoms with Crippen molar-refractivity contribution in [3.63, 3.8) is 0 Å². The Bertz CT molecular complexity index is 1720. The Morgan fingerprint density at radius 2 is 1.39 bits per heavy atom. The van der Waals surface area contributed by atoms with Gasteiger partial charge in [-0.15, -0.1) is 0 Å². The van der Waals surface area contributed by atoms with Gasteiger partial charge in [0.05, 0.1) is 96.5 Å². The van der Waals surface area contributed by atoms with E-state index in [2.05, 4.69) is 16.0 Å². The molecule has 0 aliphatic carbocycles. The topological polar surface area (TPSA) is 396 Å². The van der Waals surface area contributed by atoms with Crippen LogP contribution in [-0.2, 0) is 71.3 Å². The second kappa shape index (κ2) is 32.0. The molecule has 3 aliphatic rings. The molecule has 12 N–H and O–H groups in total. The third-order valence-electron chi connectivity index (χ3n) is 12.9. The Kier molecular flexibility index (Phi) is 28.3. The average Bonchev–Trinajstić information content (AvgIpc) is 3.35. The number of thioether (sulfide) groups is 1. The molecule has 3 fully saturated rings. The highest BCUT2D eigenvalue weighted by Gasteiger charge is 2.61. The van der Waals surface area contributed by atoms with Gasteiger partial charge in [0.15, 0.2) is 6.29 Å². The molecule has 28 heteroatoms. The fourth-order valence-corrected chi connectivity index (χ4v) is 10.2. The van der Waals surface area contributed by atoms with Crippen LogP contribution in [0.4, 0.5) is 0 Å². The van der Waals surface area contributed by atoms with Crippen molar-refractivity contribution >= 4 is 41.4 Å². The smallest absolute Gasteiger partial charge is 0.366 e. The summed E-state index contributed by atoms with van der Waals surface area (Å²) in [5.74, 6) is -8.34. The molecule has 0 spiro atoms. The molecule has 0 bridgehead atoms. The molecule has 0 saturated carbocycles. The van der Waals surface area contributed by atoms with Crippen LogP contribution in [0.1, 0.15) is 47.5 Å². The maximum Gasteiger partial charge on any atom is 0.366 e. The van der Waals surface area contributed by atoms with E-state index in [0.717, 1.165) is 7.11 Å². The first-order valence-electron chi connectivity index (χ1n) is 24.5. The first-order chi connectivity index (χ1) is 35.1. The van der Waals surface area contributed by atoms with Gasteiger partial charge >= 0.3 is 11.9 Å². The van der Waals surface area contributed by atoms with Crippen LogP contribution in [0.15, 0.2) is 0 Å². The summed E-state index contributed by atoms with van der Waals surface area (Å²) in [4.78, 5) is 66.1. The molecule has 0 aromatic rings. The van der Waals surface area contributed by atoms with E-state index in [1.54, 1.807) is 0 Å². The number of hydrogen-bond acceptors (Lipinski definition) is 25. The average molecular weight is 1090 g/mol. The van der Waals surface area contributed by atoms with Crippen molar-refractivity contribution in [1.82, 2.24) is 16.0 Å². The van der Waals surface area contributed by atoms with Gasteiger partial charge in [-0.05, 0) is 17.8 Å². The first kappa shape index (κ1) is 65.3. The monoisotopic (exact) mass is 1090 g/mol. The molecular weight excluding hydrogens is 1010 g/mol. The largest absolute Gasteiger partial charge is 0.465 e. The molecule has 17 atom stereocenters. The van der Waals surface area contributed by atoms with Gasteiger partial charge in [0.1, 0.15) is 67.6 Å². The Morgan fingerprint density at radius 3 is 1.97 bits per heavy atom. The highest BCUT2D eigenvalue weighted by molar-refractivity contribution is 7.99. The van der Waals surface area contributed by atoms with E-state index in [1.165, 1.54) is 32.9 Å². The van der Waals surface area contributed by atoms with Gasteiger partial charge < -0.3 is 109 Å². The summed E-state index contributed by atoms with van der Waals surface area (Å²) in [6.07, 6.45) is -25.2. The molecule has 3 saturated heterocycles. The maximum atomic E-state index is 13.9. The lowest BCUT2D eigenvalue weighted by molar-refractivity contribution is -0.379. The van der Waals surface area contributed by atoms with Crippen molar-refractivity contribution in [2.45, 2.75) is 145 Å². The SMILES string of the molecule is COCCOCCSCC(CC(=O)OCCOC)C(=O)NCC(=O)N[C@H]1C([C@H](O)[C@H](O)CO)O[C@@](O[C@@H]2C(O)[C@H](O[C@@H]3C(NC(C)=O)[C@H](C(C(C)C)C(C)C)OC(CO)[C@@H]3O)OC(CO)[C@@H]2O)(C(=O)OC)C[C@@H]1O. The summed E-state index contributed by atoms with van der Waals surface area (Å²) in [5.41, 5.74) is 0. The van der Waals surface area contributed by atoms with E-state index in [1.807, 2.05) is 27.7 Å². The molecule has 3 aliphatic heterocycles. The van der Waals surface area contributed by atoms with E-state index in [-0.39, 0.29) is 43.1 Å². The van der Waals surface area contributed by atoms with Crippen LogP contribution in [-0.4, -0.2) is 265 Å². The number of methoxy groups -OCH3 is 3. The molecule has 6 unspecified atom stereocenters. The Labute approximate surface area is 434 Å². The summed E-state index contributed by atoms with van der Waals surface area (Å²) in [5, 5.41) is 107. The Balaban J connectivity index is 1.94. The van der Waals surface area contributed by atoms with Crippen molar-refractivity contribution in [1.29, 1.82) is 0 Å². The highest BCUT2D eigenvalue weighted by Crippen LogP contribution is 2.40. The summed E-state index contributed by atoms with van der Waals surface area (Å²) in [6, 6.07) is -2.93. The number of hydrogen-bond donors (Lipinski definition) is 12. The molecule has 27 nitrogen and oxygen atoms in total. The molecular formula is C46H81N3O24S. The number of aliphatic hydroxyl groups is 9. The predicted molar refractivity (Wildman–Crippen MR) is 255 cm³/mol. The van der Waals surface area contributed by atoms with Crippen molar-refractivity contribution in [3.8, 4) is 0 Å². The van der Waals surface area contributed by atoms with E-state index in [4.69, 9.17) is 47.4 Å². The number of rotatable bonds is 31. The van der Waals surface area contributed by atoms with Gasteiger partial charge in [-0.2, -0.15) is 11.8 Å². The van der Waals surface area contributed by atoms with Crippen LogP contribution in [0.3, 0.4) is 0 Å². The van der Waals surface area contributed by atoms with Crippen LogP contribution in [0.5, 0.6) is 0 Å². The quantitative estimate of drug-likeness (QED) is 0.0228. The zero-order valence-electron chi connectivity index (χ0n) is 43.2. The number of carbonyl (C=O) groups excluding carboxylic acids is 5. The van der Waals surface area contributed by atoms with Gasteiger partial charge in [0.2, 0.25) is 17.7 Å². The number of nitrogens with one attached hydrogen (secondary N) is 3. The van der Waals surface area contributed by atoms with Crippen LogP contribution in [0.2, 0.25) is 0 Å². The lowest BCUT2D eigenvalue weighted by atomic mass is 9.75. The van der Waals surface area contributed by atoms with Gasteiger partial charge in [-0.3, -0.25) is 19.2 Å². The molecule has 0 radical (unpaired) electrons. The maximum absolute atomic E-state index is 13.9. The third kappa shape index (κ3) is 18.0. The molecule has 3 heterocycles. The van der Waals surface area contributed by atoms with Gasteiger partial charge in [-0.25, -0.2) is 4.79 Å². The van der Waals surface area contributed by atoms with Crippen molar-refractivity contribution in [3.05, 3.63) is 0 Å². The molecule has 0 aromatic heterocycles. The lowest BCUT2D eigenvalue weighted by Gasteiger charge is -2.52. The summed E-state index contributed by atoms with van der Waals surface area (Å²) >= 11 is 1.29. The number of esters is 2. The Hall–Kier alpha value is -2.98. The number of amides is 3. The summed E-state index contributed by atoms with van der Waals surface area (Å²) in [7, 11) is 3.81. The third-order valence-corrected chi connectivity index (χ3v) is 14.0. The van der Waals surface area contributed by atoms with Gasteiger partial charge in [0.25, 0.3) is 5.79 Å². The summed E-state index contributed by atoms with van der Waals surface area (Å²) in [6.45, 7) is 6.38. The van der Waals surface area contributed by atoms with E-state index < -0.39 is 166 Å². The summed E-state index contributed by atoms with van der Waals surface area (Å²) < 4.78 is 55.7. The van der Waals surface area contributed by atoms with Crippen molar-refractivity contribution in [2.24, 2.45) is 23.7 Å². The zero-order valence-corrected chi connectivity index (χ0v) is 44.0. The van der Waals surface area contributed by atoms with E-state index in [9.17, 15) is 69.9 Å². The fourth-order valence-electron chi connectivity index (χ4n) is 9.25. The van der Waals surface area contributed by atoms with Crippen LogP contribution in [0, 0.1) is 23.7 Å². The minimum atomic E-state index is -2.96. The fraction of sp³-hybridized carbons (Fsp3) is 0.891. The highest BCUT2D eigenvalue weighted by atomic mass is 32.2. The van der Waals surface area contributed by atoms with E-state index >= 15 is 0 Å². The second-order valence-electron chi connectivity index (χ2n) is 18.9. The van der Waals surface area contributed by atoms with Gasteiger partial charge in [-0.1, -0.05) is 27.7 Å². The number of carbonyl (C=O) groups is 5. The number of aliphatic hydroxyl groups excluding tert-OH is 9. The van der Waals surface area contributed by atoms with Crippen molar-refractivity contribution in [2.75, 3.05) is 92.2 Å². The normalized spacial score (nSPS) is 31.6.